The number of carbonyl (C=O) groups is 1. The zero-order chi connectivity index (χ0) is 14.8. The number of nitrogens with one attached hydrogen (secondary N) is 2. The van der Waals surface area contributed by atoms with Gasteiger partial charge < -0.3 is 15.7 Å². The maximum absolute atomic E-state index is 12.0. The molecule has 3 N–H and O–H groups in total. The number of hydrogen-bond acceptors (Lipinski definition) is 5. The summed E-state index contributed by atoms with van der Waals surface area (Å²) in [5.74, 6) is 1.45. The van der Waals surface area contributed by atoms with Crippen molar-refractivity contribution in [1.29, 1.82) is 0 Å². The van der Waals surface area contributed by atoms with E-state index in [2.05, 4.69) is 20.6 Å². The van der Waals surface area contributed by atoms with Crippen molar-refractivity contribution in [1.82, 2.24) is 19.9 Å². The minimum atomic E-state index is -0.453. The highest BCUT2D eigenvalue weighted by Crippen LogP contribution is 2.13. The summed E-state index contributed by atoms with van der Waals surface area (Å²) < 4.78 is 1.86. The second-order valence-corrected chi connectivity index (χ2v) is 5.09. The molecule has 2 atom stereocenters. The number of pyridine rings is 1. The Kier molecular flexibility index (Phi) is 3.68. The number of nitrogens with zero attached hydrogens (tertiary/aromatic N) is 3. The van der Waals surface area contributed by atoms with Gasteiger partial charge in [-0.3, -0.25) is 9.36 Å². The monoisotopic (exact) mass is 287 g/mol. The lowest BCUT2D eigenvalue weighted by atomic mass is 10.2. The van der Waals surface area contributed by atoms with Crippen LogP contribution < -0.4 is 10.6 Å². The van der Waals surface area contributed by atoms with E-state index in [1.165, 1.54) is 0 Å². The number of β-amino-alcohol motifs (C(OH)–C–C–N with tert-alkyl or cyclic N) is 1. The van der Waals surface area contributed by atoms with Crippen LogP contribution in [-0.4, -0.2) is 44.2 Å². The minimum absolute atomic E-state index is 0.153. The molecule has 2 aromatic rings. The molecule has 7 nitrogen and oxygen atoms in total. The Hall–Kier alpha value is -2.25. The van der Waals surface area contributed by atoms with Crippen LogP contribution in [0.25, 0.3) is 5.82 Å². The predicted molar refractivity (Wildman–Crippen MR) is 77.1 cm³/mol. The van der Waals surface area contributed by atoms with Crippen LogP contribution in [-0.2, 0) is 4.79 Å². The molecule has 0 radical (unpaired) electrons. The van der Waals surface area contributed by atoms with Crippen molar-refractivity contribution < 1.29 is 9.90 Å². The summed E-state index contributed by atoms with van der Waals surface area (Å²) in [5.41, 5.74) is 0.629. The Morgan fingerprint density at radius 3 is 2.90 bits per heavy atom. The zero-order valence-electron chi connectivity index (χ0n) is 11.7. The molecule has 3 heterocycles. The first kappa shape index (κ1) is 13.7. The summed E-state index contributed by atoms with van der Waals surface area (Å²) in [6.45, 7) is 2.35. The Labute approximate surface area is 122 Å². The van der Waals surface area contributed by atoms with Crippen molar-refractivity contribution in [2.45, 2.75) is 25.5 Å². The highest BCUT2D eigenvalue weighted by Gasteiger charge is 2.27. The third kappa shape index (κ3) is 2.93. The van der Waals surface area contributed by atoms with Gasteiger partial charge in [-0.25, -0.2) is 9.97 Å². The van der Waals surface area contributed by atoms with Crippen molar-refractivity contribution in [2.75, 3.05) is 11.9 Å². The van der Waals surface area contributed by atoms with E-state index in [1.54, 1.807) is 18.5 Å². The maximum atomic E-state index is 12.0. The maximum Gasteiger partial charge on any atom is 0.241 e. The van der Waals surface area contributed by atoms with Gasteiger partial charge in [-0.05, 0) is 25.5 Å². The standard InChI is InChI=1S/C14H17N5O2/c1-9-15-4-5-19(9)13-3-2-10(7-17-13)18-14(21)12-6-11(20)8-16-12/h2-5,7,11-12,16,20H,6,8H2,1H3,(H,18,21). The van der Waals surface area contributed by atoms with Gasteiger partial charge in [0.15, 0.2) is 0 Å². The van der Waals surface area contributed by atoms with Gasteiger partial charge in [0.05, 0.1) is 24.0 Å². The average Bonchev–Trinajstić information content (AvgIpc) is 3.08. The normalized spacial score (nSPS) is 21.4. The molecule has 2 unspecified atom stereocenters. The average molecular weight is 287 g/mol. The third-order valence-electron chi connectivity index (χ3n) is 3.51. The number of rotatable bonds is 3. The molecule has 3 rings (SSSR count). The number of imidazole rings is 1. The molecule has 1 fully saturated rings. The van der Waals surface area contributed by atoms with Gasteiger partial charge in [0.2, 0.25) is 5.91 Å². The lowest BCUT2D eigenvalue weighted by Crippen LogP contribution is -2.35. The Morgan fingerprint density at radius 1 is 1.48 bits per heavy atom. The van der Waals surface area contributed by atoms with Crippen molar-refractivity contribution in [2.24, 2.45) is 0 Å². The number of amides is 1. The Morgan fingerprint density at radius 2 is 2.33 bits per heavy atom. The van der Waals surface area contributed by atoms with Crippen LogP contribution in [0, 0.1) is 6.92 Å². The molecular formula is C14H17N5O2. The molecule has 0 aromatic carbocycles. The lowest BCUT2D eigenvalue weighted by molar-refractivity contribution is -0.117. The highest BCUT2D eigenvalue weighted by atomic mass is 16.3. The van der Waals surface area contributed by atoms with E-state index in [4.69, 9.17) is 0 Å². The molecule has 21 heavy (non-hydrogen) atoms. The van der Waals surface area contributed by atoms with Crippen LogP contribution in [0.2, 0.25) is 0 Å². The summed E-state index contributed by atoms with van der Waals surface area (Å²) in [5, 5.41) is 15.2. The van der Waals surface area contributed by atoms with Crippen molar-refractivity contribution in [3.8, 4) is 5.82 Å². The van der Waals surface area contributed by atoms with Crippen molar-refractivity contribution in [3.63, 3.8) is 0 Å². The van der Waals surface area contributed by atoms with Crippen LogP contribution >= 0.6 is 0 Å². The predicted octanol–water partition coefficient (Wildman–Crippen LogP) is 0.237. The smallest absolute Gasteiger partial charge is 0.241 e. The number of aliphatic hydroxyl groups is 1. The van der Waals surface area contributed by atoms with Crippen LogP contribution in [0.1, 0.15) is 12.2 Å². The van der Waals surface area contributed by atoms with E-state index in [9.17, 15) is 9.90 Å². The van der Waals surface area contributed by atoms with E-state index in [1.807, 2.05) is 23.8 Å². The number of aromatic nitrogens is 3. The molecule has 0 aliphatic carbocycles. The molecule has 0 bridgehead atoms. The zero-order valence-corrected chi connectivity index (χ0v) is 11.7. The summed E-state index contributed by atoms with van der Waals surface area (Å²) in [4.78, 5) is 20.5. The summed E-state index contributed by atoms with van der Waals surface area (Å²) in [6, 6.07) is 3.27. The van der Waals surface area contributed by atoms with Crippen molar-refractivity contribution >= 4 is 11.6 Å². The van der Waals surface area contributed by atoms with E-state index in [-0.39, 0.29) is 11.9 Å². The van der Waals surface area contributed by atoms with Gasteiger partial charge >= 0.3 is 0 Å². The quantitative estimate of drug-likeness (QED) is 0.752. The minimum Gasteiger partial charge on any atom is -0.392 e. The molecule has 0 spiro atoms. The van der Waals surface area contributed by atoms with Gasteiger partial charge in [-0.1, -0.05) is 0 Å². The first-order chi connectivity index (χ1) is 10.1. The van der Waals surface area contributed by atoms with Crippen LogP contribution in [0.5, 0.6) is 0 Å². The number of hydrogen-bond donors (Lipinski definition) is 3. The highest BCUT2D eigenvalue weighted by molar-refractivity contribution is 5.95. The Bertz CT molecular complexity index is 637. The van der Waals surface area contributed by atoms with E-state index < -0.39 is 6.10 Å². The summed E-state index contributed by atoms with van der Waals surface area (Å²) in [6.07, 6.45) is 5.14. The summed E-state index contributed by atoms with van der Waals surface area (Å²) in [7, 11) is 0. The van der Waals surface area contributed by atoms with E-state index in [0.29, 0.717) is 18.7 Å². The fourth-order valence-corrected chi connectivity index (χ4v) is 2.37. The molecule has 1 amide bonds. The van der Waals surface area contributed by atoms with Gasteiger partial charge in [0, 0.05) is 18.9 Å². The molecule has 1 saturated heterocycles. The summed E-state index contributed by atoms with van der Waals surface area (Å²) >= 11 is 0. The van der Waals surface area contributed by atoms with Gasteiger partial charge in [-0.2, -0.15) is 0 Å². The molecule has 0 saturated carbocycles. The first-order valence-corrected chi connectivity index (χ1v) is 6.82. The molecular weight excluding hydrogens is 270 g/mol. The number of carbonyl (C=O) groups excluding carboxylic acids is 1. The van der Waals surface area contributed by atoms with Crippen LogP contribution in [0.3, 0.4) is 0 Å². The van der Waals surface area contributed by atoms with Crippen molar-refractivity contribution in [3.05, 3.63) is 36.5 Å². The first-order valence-electron chi connectivity index (χ1n) is 6.82. The number of aryl methyl sites for hydroxylation is 1. The molecule has 2 aromatic heterocycles. The van der Waals surface area contributed by atoms with Crippen LogP contribution in [0.4, 0.5) is 5.69 Å². The van der Waals surface area contributed by atoms with E-state index in [0.717, 1.165) is 11.6 Å². The lowest BCUT2D eigenvalue weighted by Gasteiger charge is -2.11. The number of anilines is 1. The third-order valence-corrected chi connectivity index (χ3v) is 3.51. The molecule has 1 aliphatic heterocycles. The molecule has 110 valence electrons. The van der Waals surface area contributed by atoms with Gasteiger partial charge in [0.25, 0.3) is 0 Å². The fourth-order valence-electron chi connectivity index (χ4n) is 2.37. The largest absolute Gasteiger partial charge is 0.392 e. The molecule has 1 aliphatic rings. The van der Waals surface area contributed by atoms with Gasteiger partial charge in [0.1, 0.15) is 11.6 Å². The number of aliphatic hydroxyl groups excluding tert-OH is 1. The second kappa shape index (κ2) is 5.63. The van der Waals surface area contributed by atoms with Gasteiger partial charge in [-0.15, -0.1) is 0 Å². The fraction of sp³-hybridized carbons (Fsp3) is 0.357. The van der Waals surface area contributed by atoms with Crippen LogP contribution in [0.15, 0.2) is 30.7 Å². The molecule has 7 heteroatoms. The SMILES string of the molecule is Cc1nccn1-c1ccc(NC(=O)C2CC(O)CN2)cn1. The topological polar surface area (TPSA) is 92.1 Å². The van der Waals surface area contributed by atoms with E-state index >= 15 is 0 Å². The second-order valence-electron chi connectivity index (χ2n) is 5.09. The Balaban J connectivity index is 1.67.